The molecule has 0 heterocycles. The lowest BCUT2D eigenvalue weighted by atomic mass is 9.81. The second kappa shape index (κ2) is 11.6. The molecule has 2 atom stereocenters. The fourth-order valence-corrected chi connectivity index (χ4v) is 2.65. The molecular weight excluding hydrogens is 224 g/mol. The van der Waals surface area contributed by atoms with Gasteiger partial charge in [0.15, 0.2) is 0 Å². The zero-order chi connectivity index (χ0) is 13.8. The molecule has 0 spiro atoms. The van der Waals surface area contributed by atoms with Gasteiger partial charge in [0.1, 0.15) is 0 Å². The number of carbonyl (C=O) groups is 1. The second-order valence-corrected chi connectivity index (χ2v) is 5.49. The number of carboxylic acids is 1. The van der Waals surface area contributed by atoms with Crippen LogP contribution in [0, 0.1) is 11.8 Å². The normalized spacial score (nSPS) is 14.4. The summed E-state index contributed by atoms with van der Waals surface area (Å²) in [4.78, 5) is 11.4. The van der Waals surface area contributed by atoms with E-state index in [4.69, 9.17) is 0 Å². The molecule has 0 aliphatic rings. The lowest BCUT2D eigenvalue weighted by molar-refractivity contribution is -0.144. The van der Waals surface area contributed by atoms with Crippen LogP contribution in [0.3, 0.4) is 0 Å². The summed E-state index contributed by atoms with van der Waals surface area (Å²) in [5, 5.41) is 9.43. The Bertz CT molecular complexity index is 201. The first kappa shape index (κ1) is 17.5. The molecule has 0 aromatic rings. The first-order valence-electron chi connectivity index (χ1n) is 7.90. The minimum absolute atomic E-state index is 0.103. The van der Waals surface area contributed by atoms with Gasteiger partial charge < -0.3 is 5.11 Å². The molecule has 0 saturated heterocycles. The number of rotatable bonds is 12. The van der Waals surface area contributed by atoms with Crippen LogP contribution in [0.4, 0.5) is 0 Å². The quantitative estimate of drug-likeness (QED) is 0.483. The molecule has 0 amide bonds. The van der Waals surface area contributed by atoms with Crippen molar-refractivity contribution in [3.05, 3.63) is 0 Å². The van der Waals surface area contributed by atoms with Crippen LogP contribution in [0.5, 0.6) is 0 Å². The van der Waals surface area contributed by atoms with E-state index in [2.05, 4.69) is 20.8 Å². The number of aliphatic carboxylic acids is 1. The molecule has 2 unspecified atom stereocenters. The highest BCUT2D eigenvalue weighted by Gasteiger charge is 2.26. The van der Waals surface area contributed by atoms with Gasteiger partial charge in [0.25, 0.3) is 0 Å². The largest absolute Gasteiger partial charge is 0.481 e. The van der Waals surface area contributed by atoms with Crippen LogP contribution in [0.2, 0.25) is 0 Å². The minimum Gasteiger partial charge on any atom is -0.481 e. The van der Waals surface area contributed by atoms with E-state index in [0.29, 0.717) is 5.92 Å². The summed E-state index contributed by atoms with van der Waals surface area (Å²) in [6.45, 7) is 6.52. The molecule has 0 radical (unpaired) electrons. The average molecular weight is 256 g/mol. The lowest BCUT2D eigenvalue weighted by Crippen LogP contribution is -2.24. The van der Waals surface area contributed by atoms with Crippen molar-refractivity contribution in [1.29, 1.82) is 0 Å². The van der Waals surface area contributed by atoms with Gasteiger partial charge in [-0.1, -0.05) is 65.7 Å². The van der Waals surface area contributed by atoms with Crippen molar-refractivity contribution in [1.82, 2.24) is 0 Å². The monoisotopic (exact) mass is 256 g/mol. The van der Waals surface area contributed by atoms with Gasteiger partial charge in [-0.3, -0.25) is 4.79 Å². The summed E-state index contributed by atoms with van der Waals surface area (Å²) in [6, 6.07) is 0. The number of hydrogen-bond donors (Lipinski definition) is 1. The van der Waals surface area contributed by atoms with Crippen LogP contribution in [-0.4, -0.2) is 11.1 Å². The Morgan fingerprint density at radius 2 is 1.33 bits per heavy atom. The fourth-order valence-electron chi connectivity index (χ4n) is 2.65. The zero-order valence-corrected chi connectivity index (χ0v) is 12.6. The molecule has 0 aromatic carbocycles. The predicted octanol–water partition coefficient (Wildman–Crippen LogP) is 5.26. The van der Waals surface area contributed by atoms with Crippen molar-refractivity contribution in [2.45, 2.75) is 85.0 Å². The Morgan fingerprint density at radius 1 is 0.833 bits per heavy atom. The van der Waals surface area contributed by atoms with Crippen molar-refractivity contribution < 1.29 is 9.90 Å². The topological polar surface area (TPSA) is 37.3 Å². The fraction of sp³-hybridized carbons (Fsp3) is 0.938. The Kier molecular flexibility index (Phi) is 11.2. The Morgan fingerprint density at radius 3 is 1.83 bits per heavy atom. The van der Waals surface area contributed by atoms with E-state index >= 15 is 0 Å². The summed E-state index contributed by atoms with van der Waals surface area (Å²) in [5.41, 5.74) is 0. The van der Waals surface area contributed by atoms with Gasteiger partial charge in [-0.25, -0.2) is 0 Å². The highest BCUT2D eigenvalue weighted by atomic mass is 16.4. The Hall–Kier alpha value is -0.530. The van der Waals surface area contributed by atoms with Crippen LogP contribution in [0.25, 0.3) is 0 Å². The van der Waals surface area contributed by atoms with Gasteiger partial charge in [0.05, 0.1) is 5.92 Å². The maximum absolute atomic E-state index is 11.4. The molecule has 0 bridgehead atoms. The van der Waals surface area contributed by atoms with E-state index in [1.165, 1.54) is 32.1 Å². The molecule has 2 heteroatoms. The summed E-state index contributed by atoms with van der Waals surface area (Å²) >= 11 is 0. The summed E-state index contributed by atoms with van der Waals surface area (Å²) in [5.74, 6) is -0.269. The second-order valence-electron chi connectivity index (χ2n) is 5.49. The summed E-state index contributed by atoms with van der Waals surface area (Å²) < 4.78 is 0. The van der Waals surface area contributed by atoms with Gasteiger partial charge in [0.2, 0.25) is 0 Å². The van der Waals surface area contributed by atoms with E-state index in [0.717, 1.165) is 32.1 Å². The Labute approximate surface area is 113 Å². The Balaban J connectivity index is 4.37. The molecular formula is C16H32O2. The van der Waals surface area contributed by atoms with Gasteiger partial charge in [0, 0.05) is 0 Å². The van der Waals surface area contributed by atoms with Crippen molar-refractivity contribution in [2.24, 2.45) is 11.8 Å². The van der Waals surface area contributed by atoms with E-state index in [1.807, 2.05) is 0 Å². The van der Waals surface area contributed by atoms with Crippen LogP contribution in [0.15, 0.2) is 0 Å². The highest BCUT2D eigenvalue weighted by molar-refractivity contribution is 5.70. The zero-order valence-electron chi connectivity index (χ0n) is 12.6. The molecule has 0 aliphatic heterocycles. The summed E-state index contributed by atoms with van der Waals surface area (Å²) in [7, 11) is 0. The maximum Gasteiger partial charge on any atom is 0.306 e. The standard InChI is InChI=1S/C16H32O2/c1-4-7-10-12-14(11-8-5-2)15(16(17)18)13-9-6-3/h14-15H,4-13H2,1-3H3,(H,17,18). The maximum atomic E-state index is 11.4. The van der Waals surface area contributed by atoms with E-state index < -0.39 is 5.97 Å². The van der Waals surface area contributed by atoms with Crippen molar-refractivity contribution in [3.8, 4) is 0 Å². The number of hydrogen-bond acceptors (Lipinski definition) is 1. The van der Waals surface area contributed by atoms with Gasteiger partial charge in [-0.05, 0) is 25.2 Å². The molecule has 0 aliphatic carbocycles. The van der Waals surface area contributed by atoms with Gasteiger partial charge >= 0.3 is 5.97 Å². The van der Waals surface area contributed by atoms with Crippen molar-refractivity contribution in [3.63, 3.8) is 0 Å². The number of carboxylic acid groups (broad SMARTS) is 1. The molecule has 108 valence electrons. The SMILES string of the molecule is CCCCCC(CCCC)C(CCCC)C(=O)O. The third-order valence-electron chi connectivity index (χ3n) is 3.86. The number of unbranched alkanes of at least 4 members (excludes halogenated alkanes) is 4. The van der Waals surface area contributed by atoms with Crippen LogP contribution < -0.4 is 0 Å². The van der Waals surface area contributed by atoms with Crippen LogP contribution >= 0.6 is 0 Å². The molecule has 0 aromatic heterocycles. The molecule has 1 N–H and O–H groups in total. The van der Waals surface area contributed by atoms with Crippen LogP contribution in [-0.2, 0) is 4.79 Å². The first-order chi connectivity index (χ1) is 8.67. The van der Waals surface area contributed by atoms with E-state index in [-0.39, 0.29) is 5.92 Å². The minimum atomic E-state index is -0.568. The average Bonchev–Trinajstić information content (AvgIpc) is 2.35. The van der Waals surface area contributed by atoms with Crippen molar-refractivity contribution >= 4 is 5.97 Å². The first-order valence-corrected chi connectivity index (χ1v) is 7.90. The molecule has 0 rings (SSSR count). The van der Waals surface area contributed by atoms with Gasteiger partial charge in [-0.2, -0.15) is 0 Å². The van der Waals surface area contributed by atoms with Crippen molar-refractivity contribution in [2.75, 3.05) is 0 Å². The third-order valence-corrected chi connectivity index (χ3v) is 3.86. The van der Waals surface area contributed by atoms with Gasteiger partial charge in [-0.15, -0.1) is 0 Å². The highest BCUT2D eigenvalue weighted by Crippen LogP contribution is 2.29. The summed E-state index contributed by atoms with van der Waals surface area (Å²) in [6.07, 6.45) is 11.2. The third kappa shape index (κ3) is 7.73. The predicted molar refractivity (Wildman–Crippen MR) is 77.8 cm³/mol. The van der Waals surface area contributed by atoms with Crippen LogP contribution in [0.1, 0.15) is 85.0 Å². The van der Waals surface area contributed by atoms with E-state index in [1.54, 1.807) is 0 Å². The molecule has 0 fully saturated rings. The smallest absolute Gasteiger partial charge is 0.306 e. The molecule has 0 saturated carbocycles. The molecule has 18 heavy (non-hydrogen) atoms. The lowest BCUT2D eigenvalue weighted by Gasteiger charge is -2.24. The van der Waals surface area contributed by atoms with E-state index in [9.17, 15) is 9.90 Å². The molecule has 2 nitrogen and oxygen atoms in total.